The lowest BCUT2D eigenvalue weighted by atomic mass is 9.94. The number of hydrogen-bond acceptors (Lipinski definition) is 1. The van der Waals surface area contributed by atoms with Crippen LogP contribution in [0.4, 0.5) is 17.1 Å². The van der Waals surface area contributed by atoms with Gasteiger partial charge < -0.3 is 4.90 Å². The fourth-order valence-electron chi connectivity index (χ4n) is 7.14. The van der Waals surface area contributed by atoms with Crippen molar-refractivity contribution in [1.82, 2.24) is 0 Å². The molecule has 0 heterocycles. The van der Waals surface area contributed by atoms with Crippen LogP contribution in [0.1, 0.15) is 0 Å². The molecule has 0 saturated heterocycles. The van der Waals surface area contributed by atoms with Crippen LogP contribution in [0.25, 0.3) is 65.7 Å². The first kappa shape index (κ1) is 28.8. The average molecular weight is 624 g/mol. The van der Waals surface area contributed by atoms with E-state index in [1.54, 1.807) is 0 Å². The highest BCUT2D eigenvalue weighted by Crippen LogP contribution is 2.38. The first-order valence-electron chi connectivity index (χ1n) is 16.8. The molecule has 0 aliphatic carbocycles. The standard InChI is InChI=1S/C48H33N/c1-3-10-34(11-4-1)39-13-9-14-40(32-39)35-20-26-43(27-21-35)49(42-15-5-2-6-16-42)44-28-22-36(23-29-44)41-19-18-38-25-30-46-45-17-8-7-12-37(45)24-31-47(46)48(38)33-41/h1-33H. The van der Waals surface area contributed by atoms with Crippen LogP contribution in [0.15, 0.2) is 200 Å². The highest BCUT2D eigenvalue weighted by atomic mass is 15.1. The highest BCUT2D eigenvalue weighted by molar-refractivity contribution is 6.17. The molecule has 0 radical (unpaired) electrons. The van der Waals surface area contributed by atoms with Gasteiger partial charge in [-0.1, -0.05) is 152 Å². The lowest BCUT2D eigenvalue weighted by Crippen LogP contribution is -2.09. The number of rotatable bonds is 6. The van der Waals surface area contributed by atoms with Gasteiger partial charge in [0.05, 0.1) is 0 Å². The molecule has 0 amide bonds. The van der Waals surface area contributed by atoms with Gasteiger partial charge in [0.2, 0.25) is 0 Å². The molecule has 1 nitrogen and oxygen atoms in total. The molecule has 230 valence electrons. The van der Waals surface area contributed by atoms with Crippen molar-refractivity contribution in [1.29, 1.82) is 0 Å². The van der Waals surface area contributed by atoms with E-state index in [1.807, 2.05) is 0 Å². The molecule has 0 fully saturated rings. The Balaban J connectivity index is 1.06. The van der Waals surface area contributed by atoms with E-state index in [1.165, 1.54) is 65.7 Å². The van der Waals surface area contributed by atoms with Crippen molar-refractivity contribution in [2.45, 2.75) is 0 Å². The maximum atomic E-state index is 2.35. The number of anilines is 3. The van der Waals surface area contributed by atoms with Gasteiger partial charge in [-0.25, -0.2) is 0 Å². The maximum absolute atomic E-state index is 2.35. The molecule has 49 heavy (non-hydrogen) atoms. The van der Waals surface area contributed by atoms with Gasteiger partial charge in [-0.05, 0) is 114 Å². The zero-order valence-corrected chi connectivity index (χ0v) is 27.0. The third-order valence-electron chi connectivity index (χ3n) is 9.65. The van der Waals surface area contributed by atoms with E-state index < -0.39 is 0 Å². The summed E-state index contributed by atoms with van der Waals surface area (Å²) in [5, 5.41) is 7.70. The van der Waals surface area contributed by atoms with Gasteiger partial charge in [-0.15, -0.1) is 0 Å². The summed E-state index contributed by atoms with van der Waals surface area (Å²) in [6, 6.07) is 72.3. The van der Waals surface area contributed by atoms with E-state index in [4.69, 9.17) is 0 Å². The summed E-state index contributed by atoms with van der Waals surface area (Å²) < 4.78 is 0. The van der Waals surface area contributed by atoms with Crippen molar-refractivity contribution in [3.63, 3.8) is 0 Å². The second-order valence-electron chi connectivity index (χ2n) is 12.6. The quantitative estimate of drug-likeness (QED) is 0.167. The molecule has 0 unspecified atom stereocenters. The minimum absolute atomic E-state index is 1.12. The Morgan fingerprint density at radius 2 is 0.653 bits per heavy atom. The Kier molecular flexibility index (Phi) is 7.22. The minimum Gasteiger partial charge on any atom is -0.311 e. The van der Waals surface area contributed by atoms with E-state index in [-0.39, 0.29) is 0 Å². The second kappa shape index (κ2) is 12.3. The molecule has 0 aliphatic heterocycles. The molecular weight excluding hydrogens is 591 g/mol. The van der Waals surface area contributed by atoms with Crippen molar-refractivity contribution in [2.75, 3.05) is 4.90 Å². The van der Waals surface area contributed by atoms with Crippen LogP contribution in [-0.2, 0) is 0 Å². The summed E-state index contributed by atoms with van der Waals surface area (Å²) in [6.07, 6.45) is 0. The number of para-hydroxylation sites is 1. The van der Waals surface area contributed by atoms with Crippen LogP contribution in [0.2, 0.25) is 0 Å². The van der Waals surface area contributed by atoms with Crippen LogP contribution in [0, 0.1) is 0 Å². The molecule has 9 aromatic carbocycles. The van der Waals surface area contributed by atoms with Gasteiger partial charge in [-0.3, -0.25) is 0 Å². The molecule has 9 rings (SSSR count). The molecular formula is C48H33N. The molecule has 0 bridgehead atoms. The third-order valence-corrected chi connectivity index (χ3v) is 9.65. The van der Waals surface area contributed by atoms with E-state index in [0.717, 1.165) is 17.1 Å². The number of benzene rings is 9. The van der Waals surface area contributed by atoms with E-state index in [2.05, 4.69) is 205 Å². The molecule has 0 N–H and O–H groups in total. The molecule has 0 atom stereocenters. The Labute approximate surface area is 287 Å². The monoisotopic (exact) mass is 623 g/mol. The number of hydrogen-bond donors (Lipinski definition) is 0. The molecule has 9 aromatic rings. The second-order valence-corrected chi connectivity index (χ2v) is 12.6. The van der Waals surface area contributed by atoms with Crippen molar-refractivity contribution in [2.24, 2.45) is 0 Å². The van der Waals surface area contributed by atoms with Crippen LogP contribution in [0.5, 0.6) is 0 Å². The Bertz CT molecular complexity index is 2570. The van der Waals surface area contributed by atoms with Gasteiger partial charge in [0.25, 0.3) is 0 Å². The van der Waals surface area contributed by atoms with E-state index >= 15 is 0 Å². The predicted molar refractivity (Wildman–Crippen MR) is 210 cm³/mol. The summed E-state index contributed by atoms with van der Waals surface area (Å²) in [6.45, 7) is 0. The van der Waals surface area contributed by atoms with Crippen molar-refractivity contribution < 1.29 is 0 Å². The largest absolute Gasteiger partial charge is 0.311 e. The van der Waals surface area contributed by atoms with Gasteiger partial charge >= 0.3 is 0 Å². The van der Waals surface area contributed by atoms with Crippen LogP contribution < -0.4 is 4.90 Å². The number of fused-ring (bicyclic) bond motifs is 5. The molecule has 0 spiro atoms. The predicted octanol–water partition coefficient (Wildman–Crippen LogP) is 13.6. The summed E-state index contributed by atoms with van der Waals surface area (Å²) in [7, 11) is 0. The zero-order chi connectivity index (χ0) is 32.6. The van der Waals surface area contributed by atoms with Gasteiger partial charge in [0.1, 0.15) is 0 Å². The van der Waals surface area contributed by atoms with Crippen LogP contribution >= 0.6 is 0 Å². The van der Waals surface area contributed by atoms with Gasteiger partial charge in [0, 0.05) is 17.1 Å². The van der Waals surface area contributed by atoms with Crippen molar-refractivity contribution >= 4 is 49.4 Å². The SMILES string of the molecule is c1ccc(-c2cccc(-c3ccc(N(c4ccccc4)c4ccc(-c5ccc6ccc7c8ccccc8ccc7c6c5)cc4)cc3)c2)cc1. The Hall–Kier alpha value is -6.44. The molecule has 1 heteroatoms. The molecule has 0 aromatic heterocycles. The minimum atomic E-state index is 1.12. The lowest BCUT2D eigenvalue weighted by molar-refractivity contribution is 1.28. The van der Waals surface area contributed by atoms with Gasteiger partial charge in [-0.2, -0.15) is 0 Å². The molecule has 0 aliphatic rings. The fraction of sp³-hybridized carbons (Fsp3) is 0. The third kappa shape index (κ3) is 5.42. The van der Waals surface area contributed by atoms with Crippen LogP contribution in [-0.4, -0.2) is 0 Å². The summed E-state index contributed by atoms with van der Waals surface area (Å²) in [5.74, 6) is 0. The van der Waals surface area contributed by atoms with Crippen LogP contribution in [0.3, 0.4) is 0 Å². The average Bonchev–Trinajstić information content (AvgIpc) is 3.19. The maximum Gasteiger partial charge on any atom is 0.0462 e. The number of nitrogens with zero attached hydrogens (tertiary/aromatic N) is 1. The van der Waals surface area contributed by atoms with Gasteiger partial charge in [0.15, 0.2) is 0 Å². The summed E-state index contributed by atoms with van der Waals surface area (Å²) >= 11 is 0. The lowest BCUT2D eigenvalue weighted by Gasteiger charge is -2.26. The highest BCUT2D eigenvalue weighted by Gasteiger charge is 2.14. The first-order valence-corrected chi connectivity index (χ1v) is 16.8. The van der Waals surface area contributed by atoms with E-state index in [9.17, 15) is 0 Å². The van der Waals surface area contributed by atoms with E-state index in [0.29, 0.717) is 0 Å². The smallest absolute Gasteiger partial charge is 0.0462 e. The fourth-order valence-corrected chi connectivity index (χ4v) is 7.14. The first-order chi connectivity index (χ1) is 24.3. The Morgan fingerprint density at radius 3 is 1.31 bits per heavy atom. The topological polar surface area (TPSA) is 3.24 Å². The summed E-state index contributed by atoms with van der Waals surface area (Å²) in [4.78, 5) is 2.33. The molecule has 0 saturated carbocycles. The zero-order valence-electron chi connectivity index (χ0n) is 27.0. The normalized spacial score (nSPS) is 11.3. The Morgan fingerprint density at radius 1 is 0.224 bits per heavy atom. The van der Waals surface area contributed by atoms with Crippen molar-refractivity contribution in [3.05, 3.63) is 200 Å². The van der Waals surface area contributed by atoms with Crippen molar-refractivity contribution in [3.8, 4) is 33.4 Å². The summed E-state index contributed by atoms with van der Waals surface area (Å²) in [5.41, 5.74) is 10.6.